The molecule has 5 heteroatoms. The van der Waals surface area contributed by atoms with Crippen molar-refractivity contribution >= 4 is 5.91 Å². The van der Waals surface area contributed by atoms with Crippen LogP contribution in [0.3, 0.4) is 0 Å². The lowest BCUT2D eigenvalue weighted by atomic mass is 9.99. The molecule has 0 heterocycles. The molecule has 0 aliphatic rings. The van der Waals surface area contributed by atoms with E-state index < -0.39 is 18.2 Å². The van der Waals surface area contributed by atoms with Gasteiger partial charge < -0.3 is 20.6 Å². The van der Waals surface area contributed by atoms with E-state index in [9.17, 15) is 20.1 Å². The highest BCUT2D eigenvalue weighted by molar-refractivity contribution is 5.76. The van der Waals surface area contributed by atoms with Crippen molar-refractivity contribution in [3.05, 3.63) is 0 Å². The van der Waals surface area contributed by atoms with Crippen molar-refractivity contribution in [3.8, 4) is 0 Å². The number of carbonyl (C=O) groups is 1. The van der Waals surface area contributed by atoms with Gasteiger partial charge in [0.15, 0.2) is 0 Å². The third-order valence-electron chi connectivity index (χ3n) is 6.46. The number of rotatable bonds is 24. The van der Waals surface area contributed by atoms with E-state index in [1.807, 2.05) is 0 Å². The first-order chi connectivity index (χ1) is 15.6. The fraction of sp³-hybridized carbons (Fsp3) is 0.963. The molecule has 0 fully saturated rings. The van der Waals surface area contributed by atoms with Crippen LogP contribution in [0.5, 0.6) is 0 Å². The fourth-order valence-electron chi connectivity index (χ4n) is 4.22. The lowest BCUT2D eigenvalue weighted by Gasteiger charge is -2.26. The van der Waals surface area contributed by atoms with Gasteiger partial charge in [-0.25, -0.2) is 0 Å². The van der Waals surface area contributed by atoms with Crippen LogP contribution >= 0.6 is 0 Å². The van der Waals surface area contributed by atoms with Gasteiger partial charge in [0, 0.05) is 6.42 Å². The van der Waals surface area contributed by atoms with Crippen LogP contribution in [0, 0.1) is 0 Å². The first-order valence-corrected chi connectivity index (χ1v) is 13.8. The smallest absolute Gasteiger partial charge is 0.220 e. The zero-order valence-corrected chi connectivity index (χ0v) is 21.3. The van der Waals surface area contributed by atoms with Gasteiger partial charge in [0.2, 0.25) is 5.91 Å². The van der Waals surface area contributed by atoms with Gasteiger partial charge in [0.25, 0.3) is 0 Å². The van der Waals surface area contributed by atoms with Crippen LogP contribution in [0.15, 0.2) is 0 Å². The molecular formula is C27H55NO4. The Morgan fingerprint density at radius 3 is 1.50 bits per heavy atom. The summed E-state index contributed by atoms with van der Waals surface area (Å²) in [6, 6.07) is -0.797. The Morgan fingerprint density at radius 1 is 0.656 bits per heavy atom. The fourth-order valence-corrected chi connectivity index (χ4v) is 4.22. The number of unbranched alkanes of at least 4 members (excludes halogenated alkanes) is 16. The number of hydrogen-bond donors (Lipinski definition) is 4. The second-order valence-corrected chi connectivity index (χ2v) is 9.61. The summed E-state index contributed by atoms with van der Waals surface area (Å²) < 4.78 is 0. The molecule has 0 spiro atoms. The molecule has 0 bridgehead atoms. The van der Waals surface area contributed by atoms with E-state index in [1.165, 1.54) is 77.0 Å². The Balaban J connectivity index is 3.80. The highest BCUT2D eigenvalue weighted by atomic mass is 16.3. The average Bonchev–Trinajstić information content (AvgIpc) is 2.79. The minimum absolute atomic E-state index is 0.151. The first kappa shape index (κ1) is 31.4. The molecule has 4 N–H and O–H groups in total. The number of nitrogens with one attached hydrogen (secondary N) is 1. The Kier molecular flexibility index (Phi) is 23.0. The number of amides is 1. The molecule has 32 heavy (non-hydrogen) atoms. The zero-order chi connectivity index (χ0) is 23.9. The van der Waals surface area contributed by atoms with Crippen molar-refractivity contribution in [1.29, 1.82) is 0 Å². The molecule has 0 radical (unpaired) electrons. The Hall–Kier alpha value is -0.650. The van der Waals surface area contributed by atoms with E-state index in [0.717, 1.165) is 38.5 Å². The van der Waals surface area contributed by atoms with Crippen LogP contribution in [0.4, 0.5) is 0 Å². The van der Waals surface area contributed by atoms with E-state index in [-0.39, 0.29) is 12.5 Å². The van der Waals surface area contributed by atoms with Gasteiger partial charge in [-0.3, -0.25) is 4.79 Å². The van der Waals surface area contributed by atoms with E-state index in [1.54, 1.807) is 0 Å². The third kappa shape index (κ3) is 18.9. The minimum atomic E-state index is -1.12. The van der Waals surface area contributed by atoms with Crippen molar-refractivity contribution in [2.45, 2.75) is 161 Å². The van der Waals surface area contributed by atoms with Crippen molar-refractivity contribution in [2.75, 3.05) is 6.61 Å². The third-order valence-corrected chi connectivity index (χ3v) is 6.46. The Labute approximate surface area is 198 Å². The van der Waals surface area contributed by atoms with Crippen LogP contribution < -0.4 is 5.32 Å². The van der Waals surface area contributed by atoms with Gasteiger partial charge in [0.05, 0.1) is 18.8 Å². The standard InChI is InChI=1S/C27H55NO4/c1-3-5-7-9-11-13-14-16-18-20-22-26(31)28-24(23-29)27(32)25(30)21-19-17-15-12-10-8-6-4-2/h24-25,27,29-30,32H,3-23H2,1-2H3,(H,28,31)/t24-,25+,27-/m0/s1. The maximum absolute atomic E-state index is 12.2. The molecule has 0 saturated heterocycles. The predicted molar refractivity (Wildman–Crippen MR) is 135 cm³/mol. The molecule has 1 amide bonds. The van der Waals surface area contributed by atoms with Gasteiger partial charge in [-0.15, -0.1) is 0 Å². The number of aliphatic hydroxyl groups excluding tert-OH is 3. The molecular weight excluding hydrogens is 402 g/mol. The SMILES string of the molecule is CCCCCCCCCCCCC(=O)N[C@@H](CO)[C@H](O)[C@H](O)CCCCCCCCCC. The normalized spacial score (nSPS) is 14.3. The molecule has 0 aromatic carbocycles. The summed E-state index contributed by atoms with van der Waals surface area (Å²) in [5.41, 5.74) is 0. The lowest BCUT2D eigenvalue weighted by molar-refractivity contribution is -0.124. The molecule has 5 nitrogen and oxygen atoms in total. The molecule has 0 rings (SSSR count). The van der Waals surface area contributed by atoms with Crippen molar-refractivity contribution in [1.82, 2.24) is 5.32 Å². The molecule has 0 unspecified atom stereocenters. The topological polar surface area (TPSA) is 89.8 Å². The summed E-state index contributed by atoms with van der Waals surface area (Å²) in [5, 5.41) is 32.9. The lowest BCUT2D eigenvalue weighted by Crippen LogP contribution is -2.50. The summed E-state index contributed by atoms with van der Waals surface area (Å²) in [6.07, 6.45) is 20.5. The highest BCUT2D eigenvalue weighted by Gasteiger charge is 2.26. The molecule has 0 saturated carbocycles. The van der Waals surface area contributed by atoms with Gasteiger partial charge >= 0.3 is 0 Å². The maximum atomic E-state index is 12.2. The molecule has 0 aromatic rings. The van der Waals surface area contributed by atoms with E-state index in [4.69, 9.17) is 0 Å². The largest absolute Gasteiger partial charge is 0.394 e. The molecule has 0 aliphatic carbocycles. The van der Waals surface area contributed by atoms with Crippen LogP contribution in [-0.4, -0.2) is 46.1 Å². The summed E-state index contributed by atoms with van der Waals surface area (Å²) in [6.45, 7) is 4.09. The quantitative estimate of drug-likeness (QED) is 0.133. The summed E-state index contributed by atoms with van der Waals surface area (Å²) in [7, 11) is 0. The van der Waals surface area contributed by atoms with Crippen LogP contribution in [0.1, 0.15) is 142 Å². The highest BCUT2D eigenvalue weighted by Crippen LogP contribution is 2.14. The number of carbonyl (C=O) groups excluding carboxylic acids is 1. The van der Waals surface area contributed by atoms with Gasteiger partial charge in [-0.05, 0) is 12.8 Å². The summed E-state index contributed by atoms with van der Waals surface area (Å²) >= 11 is 0. The maximum Gasteiger partial charge on any atom is 0.220 e. The summed E-state index contributed by atoms with van der Waals surface area (Å²) in [5.74, 6) is -0.151. The second-order valence-electron chi connectivity index (χ2n) is 9.61. The average molecular weight is 458 g/mol. The predicted octanol–water partition coefficient (Wildman–Crippen LogP) is 6.03. The Bertz CT molecular complexity index is 405. The summed E-state index contributed by atoms with van der Waals surface area (Å²) in [4.78, 5) is 12.2. The van der Waals surface area contributed by atoms with Crippen LogP contribution in [0.2, 0.25) is 0 Å². The monoisotopic (exact) mass is 457 g/mol. The minimum Gasteiger partial charge on any atom is -0.394 e. The molecule has 192 valence electrons. The second kappa shape index (κ2) is 23.5. The number of hydrogen-bond acceptors (Lipinski definition) is 4. The van der Waals surface area contributed by atoms with Crippen LogP contribution in [-0.2, 0) is 4.79 Å². The number of aliphatic hydroxyl groups is 3. The first-order valence-electron chi connectivity index (χ1n) is 13.8. The molecule has 0 aliphatic heterocycles. The van der Waals surface area contributed by atoms with Crippen molar-refractivity contribution < 1.29 is 20.1 Å². The van der Waals surface area contributed by atoms with E-state index >= 15 is 0 Å². The van der Waals surface area contributed by atoms with Gasteiger partial charge in [-0.1, -0.05) is 123 Å². The van der Waals surface area contributed by atoms with Crippen LogP contribution in [0.25, 0.3) is 0 Å². The van der Waals surface area contributed by atoms with Gasteiger partial charge in [0.1, 0.15) is 6.10 Å². The van der Waals surface area contributed by atoms with Crippen molar-refractivity contribution in [3.63, 3.8) is 0 Å². The Morgan fingerprint density at radius 2 is 1.06 bits per heavy atom. The van der Waals surface area contributed by atoms with E-state index in [0.29, 0.717) is 12.8 Å². The van der Waals surface area contributed by atoms with Gasteiger partial charge in [-0.2, -0.15) is 0 Å². The molecule has 3 atom stereocenters. The molecule has 0 aromatic heterocycles. The van der Waals surface area contributed by atoms with E-state index in [2.05, 4.69) is 19.2 Å². The zero-order valence-electron chi connectivity index (χ0n) is 21.3. The van der Waals surface area contributed by atoms with Crippen molar-refractivity contribution in [2.24, 2.45) is 0 Å².